The Morgan fingerprint density at radius 1 is 1.03 bits per heavy atom. The topological polar surface area (TPSA) is 35.5 Å². The van der Waals surface area contributed by atoms with Crippen molar-refractivity contribution in [3.8, 4) is 11.5 Å². The van der Waals surface area contributed by atoms with Gasteiger partial charge in [0, 0.05) is 22.6 Å². The zero-order valence-corrected chi connectivity index (χ0v) is 17.3. The minimum atomic E-state index is 0.0544. The number of carbonyl (C=O) groups excluding carboxylic acids is 1. The third kappa shape index (κ3) is 4.16. The molecular formula is C24H18Cl2O3. The summed E-state index contributed by atoms with van der Waals surface area (Å²) in [6.45, 7) is 0.335. The molecule has 0 atom stereocenters. The van der Waals surface area contributed by atoms with E-state index in [-0.39, 0.29) is 5.78 Å². The first-order chi connectivity index (χ1) is 14.0. The van der Waals surface area contributed by atoms with E-state index in [1.165, 1.54) is 0 Å². The van der Waals surface area contributed by atoms with Crippen LogP contribution in [0.15, 0.2) is 66.2 Å². The monoisotopic (exact) mass is 424 g/mol. The van der Waals surface area contributed by atoms with E-state index in [9.17, 15) is 4.79 Å². The van der Waals surface area contributed by atoms with Crippen molar-refractivity contribution >= 4 is 35.1 Å². The lowest BCUT2D eigenvalue weighted by molar-refractivity contribution is 0.104. The molecule has 146 valence electrons. The Morgan fingerprint density at radius 3 is 2.52 bits per heavy atom. The third-order valence-corrected chi connectivity index (χ3v) is 5.36. The molecule has 3 aromatic rings. The molecule has 0 saturated heterocycles. The van der Waals surface area contributed by atoms with Crippen LogP contribution in [-0.2, 0) is 13.0 Å². The van der Waals surface area contributed by atoms with Crippen LogP contribution in [0.25, 0.3) is 6.08 Å². The SMILES string of the molecule is COc1cc(/C=C2\Cc3ccccc3C2=O)cc(Cl)c1OCc1ccc(Cl)cc1. The number of ketones is 1. The van der Waals surface area contributed by atoms with Crippen molar-refractivity contribution in [2.24, 2.45) is 0 Å². The first-order valence-electron chi connectivity index (χ1n) is 9.13. The Kier molecular flexibility index (Phi) is 5.61. The minimum absolute atomic E-state index is 0.0544. The molecule has 4 rings (SSSR count). The second kappa shape index (κ2) is 8.32. The van der Waals surface area contributed by atoms with Gasteiger partial charge in [0.15, 0.2) is 17.3 Å². The van der Waals surface area contributed by atoms with E-state index in [2.05, 4.69) is 0 Å². The zero-order valence-electron chi connectivity index (χ0n) is 15.7. The summed E-state index contributed by atoms with van der Waals surface area (Å²) in [5.74, 6) is 1.03. The van der Waals surface area contributed by atoms with Gasteiger partial charge in [0.25, 0.3) is 0 Å². The lowest BCUT2D eigenvalue weighted by Gasteiger charge is -2.14. The molecule has 0 saturated carbocycles. The molecule has 0 spiro atoms. The predicted octanol–water partition coefficient (Wildman–Crippen LogP) is 6.40. The summed E-state index contributed by atoms with van der Waals surface area (Å²) in [4.78, 5) is 12.6. The lowest BCUT2D eigenvalue weighted by atomic mass is 10.1. The van der Waals surface area contributed by atoms with Gasteiger partial charge in [-0.1, -0.05) is 59.6 Å². The molecule has 29 heavy (non-hydrogen) atoms. The summed E-state index contributed by atoms with van der Waals surface area (Å²) in [6, 6.07) is 18.7. The Bertz CT molecular complexity index is 1100. The van der Waals surface area contributed by atoms with Crippen LogP contribution in [-0.4, -0.2) is 12.9 Å². The Balaban J connectivity index is 1.58. The van der Waals surface area contributed by atoms with Gasteiger partial charge in [0.1, 0.15) is 6.61 Å². The van der Waals surface area contributed by atoms with Gasteiger partial charge < -0.3 is 9.47 Å². The van der Waals surface area contributed by atoms with Gasteiger partial charge in [-0.15, -0.1) is 0 Å². The van der Waals surface area contributed by atoms with Crippen LogP contribution in [0, 0.1) is 0 Å². The fraction of sp³-hybridized carbons (Fsp3) is 0.125. The molecule has 0 aromatic heterocycles. The van der Waals surface area contributed by atoms with Crippen LogP contribution >= 0.6 is 23.2 Å². The standard InChI is InChI=1S/C24H18Cl2O3/c1-28-22-12-16(10-18-13-17-4-2-3-5-20(17)23(18)27)11-21(26)24(22)29-14-15-6-8-19(25)9-7-15/h2-12H,13-14H2,1H3/b18-10+. The van der Waals surface area contributed by atoms with Gasteiger partial charge >= 0.3 is 0 Å². The number of hydrogen-bond acceptors (Lipinski definition) is 3. The van der Waals surface area contributed by atoms with Gasteiger partial charge in [-0.05, 0) is 47.0 Å². The average Bonchev–Trinajstić information content (AvgIpc) is 3.04. The van der Waals surface area contributed by atoms with Crippen molar-refractivity contribution in [1.82, 2.24) is 0 Å². The Hall–Kier alpha value is -2.75. The first-order valence-corrected chi connectivity index (χ1v) is 9.88. The Morgan fingerprint density at radius 2 is 1.79 bits per heavy atom. The molecule has 0 N–H and O–H groups in total. The quantitative estimate of drug-likeness (QED) is 0.444. The molecule has 0 bridgehead atoms. The number of allylic oxidation sites excluding steroid dienone is 1. The normalized spacial score (nSPS) is 14.2. The first kappa shape index (κ1) is 19.6. The summed E-state index contributed by atoms with van der Waals surface area (Å²) in [7, 11) is 1.56. The zero-order chi connectivity index (χ0) is 20.4. The highest BCUT2D eigenvalue weighted by Gasteiger charge is 2.24. The number of fused-ring (bicyclic) bond motifs is 1. The summed E-state index contributed by atoms with van der Waals surface area (Å²) in [6.07, 6.45) is 2.48. The van der Waals surface area contributed by atoms with Crippen molar-refractivity contribution in [2.75, 3.05) is 7.11 Å². The maximum Gasteiger partial charge on any atom is 0.189 e. The van der Waals surface area contributed by atoms with Gasteiger partial charge in [-0.2, -0.15) is 0 Å². The molecule has 0 radical (unpaired) electrons. The molecule has 0 unspecified atom stereocenters. The van der Waals surface area contributed by atoms with Crippen molar-refractivity contribution < 1.29 is 14.3 Å². The van der Waals surface area contributed by atoms with E-state index < -0.39 is 0 Å². The lowest BCUT2D eigenvalue weighted by Crippen LogP contribution is -1.99. The van der Waals surface area contributed by atoms with Gasteiger partial charge in [0.05, 0.1) is 12.1 Å². The summed E-state index contributed by atoms with van der Waals surface area (Å²) >= 11 is 12.4. The van der Waals surface area contributed by atoms with E-state index in [0.717, 1.165) is 27.8 Å². The number of hydrogen-bond donors (Lipinski definition) is 0. The maximum absolute atomic E-state index is 12.6. The van der Waals surface area contributed by atoms with Gasteiger partial charge in [-0.25, -0.2) is 0 Å². The van der Waals surface area contributed by atoms with Gasteiger partial charge in [0.2, 0.25) is 0 Å². The molecule has 0 heterocycles. The van der Waals surface area contributed by atoms with Crippen molar-refractivity contribution in [3.05, 3.63) is 98.5 Å². The maximum atomic E-state index is 12.6. The highest BCUT2D eigenvalue weighted by molar-refractivity contribution is 6.32. The van der Waals surface area contributed by atoms with Crippen LogP contribution in [0.2, 0.25) is 10.0 Å². The van der Waals surface area contributed by atoms with Crippen LogP contribution in [0.5, 0.6) is 11.5 Å². The number of benzene rings is 3. The molecule has 0 amide bonds. The number of Topliss-reactive ketones (excluding diaryl/α,β-unsaturated/α-hetero) is 1. The predicted molar refractivity (Wildman–Crippen MR) is 116 cm³/mol. The highest BCUT2D eigenvalue weighted by Crippen LogP contribution is 2.38. The van der Waals surface area contributed by atoms with Gasteiger partial charge in [-0.3, -0.25) is 4.79 Å². The van der Waals surface area contributed by atoms with E-state index in [1.54, 1.807) is 13.2 Å². The largest absolute Gasteiger partial charge is 0.493 e. The van der Waals surface area contributed by atoms with Crippen LogP contribution in [0.1, 0.15) is 27.0 Å². The van der Waals surface area contributed by atoms with E-state index >= 15 is 0 Å². The third-order valence-electron chi connectivity index (χ3n) is 4.82. The highest BCUT2D eigenvalue weighted by atomic mass is 35.5. The number of rotatable bonds is 5. The molecule has 0 fully saturated rings. The molecular weight excluding hydrogens is 407 g/mol. The fourth-order valence-corrected chi connectivity index (χ4v) is 3.77. The van der Waals surface area contributed by atoms with Crippen LogP contribution in [0.3, 0.4) is 0 Å². The van der Waals surface area contributed by atoms with E-state index in [4.69, 9.17) is 32.7 Å². The van der Waals surface area contributed by atoms with Crippen molar-refractivity contribution in [3.63, 3.8) is 0 Å². The summed E-state index contributed by atoms with van der Waals surface area (Å²) in [5.41, 5.74) is 4.30. The van der Waals surface area contributed by atoms with Crippen molar-refractivity contribution in [1.29, 1.82) is 0 Å². The second-order valence-electron chi connectivity index (χ2n) is 6.78. The van der Waals surface area contributed by atoms with Crippen molar-refractivity contribution in [2.45, 2.75) is 13.0 Å². The number of ether oxygens (including phenoxy) is 2. The fourth-order valence-electron chi connectivity index (χ4n) is 3.37. The Labute approximate surface area is 179 Å². The molecule has 3 aromatic carbocycles. The second-order valence-corrected chi connectivity index (χ2v) is 7.63. The number of halogens is 2. The molecule has 0 aliphatic heterocycles. The molecule has 3 nitrogen and oxygen atoms in total. The summed E-state index contributed by atoms with van der Waals surface area (Å²) in [5, 5.41) is 1.10. The number of carbonyl (C=O) groups is 1. The summed E-state index contributed by atoms with van der Waals surface area (Å²) < 4.78 is 11.4. The molecule has 1 aliphatic rings. The number of methoxy groups -OCH3 is 1. The van der Waals surface area contributed by atoms with E-state index in [0.29, 0.717) is 34.6 Å². The van der Waals surface area contributed by atoms with Crippen LogP contribution in [0.4, 0.5) is 0 Å². The molecule has 1 aliphatic carbocycles. The smallest absolute Gasteiger partial charge is 0.189 e. The van der Waals surface area contributed by atoms with Crippen LogP contribution < -0.4 is 9.47 Å². The average molecular weight is 425 g/mol. The van der Waals surface area contributed by atoms with E-state index in [1.807, 2.05) is 60.7 Å². The molecule has 5 heteroatoms. The minimum Gasteiger partial charge on any atom is -0.493 e.